The average molecular weight is 372 g/mol. The number of hydrogen-bond acceptors (Lipinski definition) is 3. The van der Waals surface area contributed by atoms with Crippen LogP contribution >= 0.6 is 0 Å². The highest BCUT2D eigenvalue weighted by atomic mass is 32.2. The molecule has 1 heterocycles. The van der Waals surface area contributed by atoms with E-state index in [4.69, 9.17) is 0 Å². The second-order valence-corrected chi connectivity index (χ2v) is 8.93. The maximum Gasteiger partial charge on any atom is 0.251 e. The van der Waals surface area contributed by atoms with Crippen molar-refractivity contribution < 1.29 is 13.2 Å². The molecule has 0 atom stereocenters. The van der Waals surface area contributed by atoms with Crippen molar-refractivity contribution in [3.05, 3.63) is 65.2 Å². The minimum absolute atomic E-state index is 0.161. The number of nitrogens with one attached hydrogen (secondary N) is 1. The van der Waals surface area contributed by atoms with E-state index in [1.54, 1.807) is 18.2 Å². The quantitative estimate of drug-likeness (QED) is 0.878. The lowest BCUT2D eigenvalue weighted by Crippen LogP contribution is -2.36. The van der Waals surface area contributed by atoms with Crippen molar-refractivity contribution >= 4 is 15.9 Å². The van der Waals surface area contributed by atoms with Crippen molar-refractivity contribution in [2.24, 2.45) is 5.92 Å². The predicted octanol–water partition coefficient (Wildman–Crippen LogP) is 2.82. The molecule has 5 nitrogen and oxygen atoms in total. The molecular formula is C20H24N2O3S. The smallest absolute Gasteiger partial charge is 0.251 e. The zero-order valence-corrected chi connectivity index (χ0v) is 15.9. The number of amides is 1. The summed E-state index contributed by atoms with van der Waals surface area (Å²) in [5.74, 6) is 0.0824. The number of carbonyl (C=O) groups excluding carboxylic acids is 1. The van der Waals surface area contributed by atoms with Gasteiger partial charge in [-0.1, -0.05) is 44.2 Å². The Bertz CT molecular complexity index is 907. The highest BCUT2D eigenvalue weighted by Gasteiger charge is 2.28. The molecular weight excluding hydrogens is 348 g/mol. The molecule has 0 spiro atoms. The minimum atomic E-state index is -3.64. The normalized spacial score (nSPS) is 14.9. The van der Waals surface area contributed by atoms with Crippen LogP contribution in [-0.4, -0.2) is 31.7 Å². The molecule has 26 heavy (non-hydrogen) atoms. The molecule has 1 aliphatic rings. The number of hydrogen-bond donors (Lipinski definition) is 1. The molecule has 3 rings (SSSR count). The van der Waals surface area contributed by atoms with Crippen molar-refractivity contribution in [3.63, 3.8) is 0 Å². The lowest BCUT2D eigenvalue weighted by atomic mass is 10.0. The zero-order chi connectivity index (χ0) is 18.7. The number of nitrogens with zero attached hydrogens (tertiary/aromatic N) is 1. The summed E-state index contributed by atoms with van der Waals surface area (Å²) >= 11 is 0. The van der Waals surface area contributed by atoms with Crippen LogP contribution in [0.2, 0.25) is 0 Å². The summed E-state index contributed by atoms with van der Waals surface area (Å²) in [6.07, 6.45) is 0.698. The summed E-state index contributed by atoms with van der Waals surface area (Å²) in [5.41, 5.74) is 2.60. The van der Waals surface area contributed by atoms with Gasteiger partial charge in [-0.15, -0.1) is 0 Å². The fourth-order valence-corrected chi connectivity index (χ4v) is 4.49. The predicted molar refractivity (Wildman–Crippen MR) is 101 cm³/mol. The molecule has 2 aromatic carbocycles. The van der Waals surface area contributed by atoms with Gasteiger partial charge in [-0.25, -0.2) is 8.42 Å². The van der Waals surface area contributed by atoms with Gasteiger partial charge in [0.1, 0.15) is 0 Å². The molecule has 0 bridgehead atoms. The summed E-state index contributed by atoms with van der Waals surface area (Å²) in [6.45, 7) is 5.38. The van der Waals surface area contributed by atoms with Gasteiger partial charge in [-0.3, -0.25) is 4.79 Å². The Kier molecular flexibility index (Phi) is 5.44. The van der Waals surface area contributed by atoms with E-state index in [2.05, 4.69) is 5.32 Å². The van der Waals surface area contributed by atoms with Gasteiger partial charge in [-0.2, -0.15) is 4.31 Å². The van der Waals surface area contributed by atoms with Gasteiger partial charge >= 0.3 is 0 Å². The first-order valence-electron chi connectivity index (χ1n) is 8.83. The van der Waals surface area contributed by atoms with Crippen molar-refractivity contribution in [2.75, 3.05) is 13.1 Å². The largest absolute Gasteiger partial charge is 0.352 e. The summed E-state index contributed by atoms with van der Waals surface area (Å²) in [7, 11) is -3.64. The van der Waals surface area contributed by atoms with Crippen LogP contribution in [0.15, 0.2) is 53.4 Å². The standard InChI is InChI=1S/C20H24N2O3S/c1-15(2)13-21-20(23)17-8-5-9-19(12-17)26(24,25)22-11-10-16-6-3-4-7-18(16)14-22/h3-9,12,15H,10-11,13-14H2,1-2H3,(H,21,23). The van der Waals surface area contributed by atoms with Gasteiger partial charge in [0.05, 0.1) is 4.90 Å². The average Bonchev–Trinajstić information content (AvgIpc) is 2.65. The van der Waals surface area contributed by atoms with Gasteiger partial charge in [0.15, 0.2) is 0 Å². The highest BCUT2D eigenvalue weighted by molar-refractivity contribution is 7.89. The minimum Gasteiger partial charge on any atom is -0.352 e. The molecule has 0 saturated heterocycles. The molecule has 1 N–H and O–H groups in total. The van der Waals surface area contributed by atoms with Crippen LogP contribution in [-0.2, 0) is 23.0 Å². The lowest BCUT2D eigenvalue weighted by Gasteiger charge is -2.28. The second-order valence-electron chi connectivity index (χ2n) is 6.99. The Morgan fingerprint density at radius 1 is 1.12 bits per heavy atom. The third kappa shape index (κ3) is 3.97. The first kappa shape index (κ1) is 18.6. The summed E-state index contributed by atoms with van der Waals surface area (Å²) in [6, 6.07) is 14.2. The summed E-state index contributed by atoms with van der Waals surface area (Å²) in [5, 5.41) is 2.82. The molecule has 0 radical (unpaired) electrons. The van der Waals surface area contributed by atoms with Crippen molar-refractivity contribution in [1.29, 1.82) is 0 Å². The van der Waals surface area contributed by atoms with Crippen LogP contribution in [0.3, 0.4) is 0 Å². The second kappa shape index (κ2) is 7.60. The Labute approximate surface area is 155 Å². The third-order valence-corrected chi connectivity index (χ3v) is 6.34. The number of fused-ring (bicyclic) bond motifs is 1. The number of benzene rings is 2. The van der Waals surface area contributed by atoms with Crippen molar-refractivity contribution in [1.82, 2.24) is 9.62 Å². The SMILES string of the molecule is CC(C)CNC(=O)c1cccc(S(=O)(=O)N2CCc3ccccc3C2)c1. The van der Waals surface area contributed by atoms with Gasteiger partial charge in [0.2, 0.25) is 10.0 Å². The molecule has 6 heteroatoms. The Balaban J connectivity index is 1.82. The lowest BCUT2D eigenvalue weighted by molar-refractivity contribution is 0.0949. The Morgan fingerprint density at radius 3 is 2.58 bits per heavy atom. The van der Waals surface area contributed by atoms with Crippen LogP contribution in [0.1, 0.15) is 35.3 Å². The third-order valence-electron chi connectivity index (χ3n) is 4.50. The number of carbonyl (C=O) groups is 1. The van der Waals surface area contributed by atoms with Gasteiger partial charge < -0.3 is 5.32 Å². The van der Waals surface area contributed by atoms with E-state index in [9.17, 15) is 13.2 Å². The molecule has 0 unspecified atom stereocenters. The maximum atomic E-state index is 13.0. The fraction of sp³-hybridized carbons (Fsp3) is 0.350. The van der Waals surface area contributed by atoms with Gasteiger partial charge in [0.25, 0.3) is 5.91 Å². The van der Waals surface area contributed by atoms with E-state index < -0.39 is 10.0 Å². The molecule has 138 valence electrons. The van der Waals surface area contributed by atoms with Crippen LogP contribution < -0.4 is 5.32 Å². The van der Waals surface area contributed by atoms with E-state index in [1.165, 1.54) is 15.9 Å². The van der Waals surface area contributed by atoms with E-state index in [1.807, 2.05) is 38.1 Å². The van der Waals surface area contributed by atoms with Crippen LogP contribution in [0.4, 0.5) is 0 Å². The molecule has 0 fully saturated rings. The van der Waals surface area contributed by atoms with E-state index in [0.717, 1.165) is 5.56 Å². The first-order chi connectivity index (χ1) is 12.4. The summed E-state index contributed by atoms with van der Waals surface area (Å²) in [4.78, 5) is 12.4. The monoisotopic (exact) mass is 372 g/mol. The Hall–Kier alpha value is -2.18. The number of rotatable bonds is 5. The van der Waals surface area contributed by atoms with E-state index >= 15 is 0 Å². The van der Waals surface area contributed by atoms with Crippen LogP contribution in [0, 0.1) is 5.92 Å². The van der Waals surface area contributed by atoms with Crippen LogP contribution in [0.5, 0.6) is 0 Å². The number of sulfonamides is 1. The molecule has 0 saturated carbocycles. The van der Waals surface area contributed by atoms with E-state index in [-0.39, 0.29) is 10.8 Å². The van der Waals surface area contributed by atoms with E-state index in [0.29, 0.717) is 37.5 Å². The molecule has 2 aromatic rings. The molecule has 0 aliphatic carbocycles. The fourth-order valence-electron chi connectivity index (χ4n) is 3.02. The zero-order valence-electron chi connectivity index (χ0n) is 15.1. The van der Waals surface area contributed by atoms with Crippen molar-refractivity contribution in [2.45, 2.75) is 31.7 Å². The van der Waals surface area contributed by atoms with Crippen molar-refractivity contribution in [3.8, 4) is 0 Å². The van der Waals surface area contributed by atoms with Gasteiger partial charge in [-0.05, 0) is 41.7 Å². The highest BCUT2D eigenvalue weighted by Crippen LogP contribution is 2.25. The topological polar surface area (TPSA) is 66.5 Å². The Morgan fingerprint density at radius 2 is 1.85 bits per heavy atom. The van der Waals surface area contributed by atoms with Crippen LogP contribution in [0.25, 0.3) is 0 Å². The molecule has 1 amide bonds. The molecule has 0 aromatic heterocycles. The maximum absolute atomic E-state index is 13.0. The first-order valence-corrected chi connectivity index (χ1v) is 10.3. The summed E-state index contributed by atoms with van der Waals surface area (Å²) < 4.78 is 27.6. The molecule has 1 aliphatic heterocycles. The van der Waals surface area contributed by atoms with Gasteiger partial charge in [0, 0.05) is 25.2 Å².